The summed E-state index contributed by atoms with van der Waals surface area (Å²) in [6, 6.07) is 5.56. The Balaban J connectivity index is 2.10. The van der Waals surface area contributed by atoms with Gasteiger partial charge in [-0.1, -0.05) is 24.6 Å². The van der Waals surface area contributed by atoms with E-state index in [1.54, 1.807) is 0 Å². The Hall–Kier alpha value is -1.02. The van der Waals surface area contributed by atoms with Crippen LogP contribution in [0.2, 0.25) is 5.02 Å². The second-order valence-corrected chi connectivity index (χ2v) is 4.63. The molecule has 1 saturated carbocycles. The normalized spacial score (nSPS) is 23.7. The highest BCUT2D eigenvalue weighted by atomic mass is 35.5. The van der Waals surface area contributed by atoms with E-state index in [2.05, 4.69) is 12.2 Å². The van der Waals surface area contributed by atoms with Crippen LogP contribution >= 0.6 is 11.6 Å². The highest BCUT2D eigenvalue weighted by Gasteiger charge is 2.39. The van der Waals surface area contributed by atoms with Crippen LogP contribution in [0.1, 0.15) is 18.9 Å². The number of hydrogen-bond donors (Lipinski definition) is 1. The van der Waals surface area contributed by atoms with Crippen molar-refractivity contribution in [2.75, 3.05) is 5.32 Å². The molecule has 1 amide bonds. The molecule has 2 atom stereocenters. The number of benzene rings is 1. The van der Waals surface area contributed by atoms with Crippen molar-refractivity contribution in [3.63, 3.8) is 0 Å². The Morgan fingerprint density at radius 1 is 1.53 bits per heavy atom. The van der Waals surface area contributed by atoms with E-state index in [1.807, 2.05) is 25.1 Å². The van der Waals surface area contributed by atoms with E-state index in [4.69, 9.17) is 11.6 Å². The van der Waals surface area contributed by atoms with Crippen molar-refractivity contribution in [2.45, 2.75) is 20.3 Å². The number of anilines is 1. The lowest BCUT2D eigenvalue weighted by molar-refractivity contribution is -0.117. The average Bonchev–Trinajstić information content (AvgIpc) is 2.91. The van der Waals surface area contributed by atoms with Crippen molar-refractivity contribution in [3.05, 3.63) is 28.8 Å². The molecule has 1 aromatic rings. The molecule has 1 aliphatic carbocycles. The third kappa shape index (κ3) is 2.15. The summed E-state index contributed by atoms with van der Waals surface area (Å²) < 4.78 is 0. The molecule has 0 heterocycles. The van der Waals surface area contributed by atoms with Gasteiger partial charge in [-0.15, -0.1) is 0 Å². The molecule has 0 aromatic heterocycles. The number of carbonyl (C=O) groups excluding carboxylic acids is 1. The molecule has 2 unspecified atom stereocenters. The van der Waals surface area contributed by atoms with Gasteiger partial charge in [0.15, 0.2) is 0 Å². The molecule has 0 aliphatic heterocycles. The van der Waals surface area contributed by atoms with Crippen LogP contribution in [-0.2, 0) is 4.79 Å². The summed E-state index contributed by atoms with van der Waals surface area (Å²) in [4.78, 5) is 11.7. The predicted octanol–water partition coefficient (Wildman–Crippen LogP) is 3.24. The van der Waals surface area contributed by atoms with Crippen molar-refractivity contribution < 1.29 is 4.79 Å². The molecule has 15 heavy (non-hydrogen) atoms. The van der Waals surface area contributed by atoms with Crippen LogP contribution in [0.15, 0.2) is 18.2 Å². The minimum Gasteiger partial charge on any atom is -0.326 e. The summed E-state index contributed by atoms with van der Waals surface area (Å²) in [7, 11) is 0. The summed E-state index contributed by atoms with van der Waals surface area (Å²) in [5.41, 5.74) is 1.76. The van der Waals surface area contributed by atoms with E-state index >= 15 is 0 Å². The fourth-order valence-electron chi connectivity index (χ4n) is 1.66. The van der Waals surface area contributed by atoms with Gasteiger partial charge in [0, 0.05) is 16.6 Å². The van der Waals surface area contributed by atoms with Crippen LogP contribution in [-0.4, -0.2) is 5.91 Å². The van der Waals surface area contributed by atoms with E-state index in [-0.39, 0.29) is 11.8 Å². The first-order valence-corrected chi connectivity index (χ1v) is 5.53. The second-order valence-electron chi connectivity index (χ2n) is 4.22. The van der Waals surface area contributed by atoms with Gasteiger partial charge in [0.2, 0.25) is 5.91 Å². The lowest BCUT2D eigenvalue weighted by atomic mass is 10.2. The second kappa shape index (κ2) is 3.86. The quantitative estimate of drug-likeness (QED) is 0.820. The third-order valence-corrected chi connectivity index (χ3v) is 3.38. The Morgan fingerprint density at radius 2 is 2.20 bits per heavy atom. The number of amides is 1. The van der Waals surface area contributed by atoms with Gasteiger partial charge in [0.05, 0.1) is 0 Å². The molecular weight excluding hydrogens is 210 g/mol. The fraction of sp³-hybridized carbons (Fsp3) is 0.417. The van der Waals surface area contributed by atoms with Crippen LogP contribution in [0, 0.1) is 18.8 Å². The molecule has 0 spiro atoms. The first-order valence-electron chi connectivity index (χ1n) is 5.15. The topological polar surface area (TPSA) is 29.1 Å². The van der Waals surface area contributed by atoms with Gasteiger partial charge in [-0.05, 0) is 37.0 Å². The van der Waals surface area contributed by atoms with Crippen molar-refractivity contribution >= 4 is 23.2 Å². The number of carbonyl (C=O) groups is 1. The molecular formula is C12H14ClNO. The van der Waals surface area contributed by atoms with Gasteiger partial charge in [-0.3, -0.25) is 4.79 Å². The molecule has 1 N–H and O–H groups in total. The summed E-state index contributed by atoms with van der Waals surface area (Å²) >= 11 is 5.97. The van der Waals surface area contributed by atoms with Crippen LogP contribution in [0.25, 0.3) is 0 Å². The van der Waals surface area contributed by atoms with E-state index in [0.717, 1.165) is 17.7 Å². The predicted molar refractivity (Wildman–Crippen MR) is 62.1 cm³/mol. The maximum absolute atomic E-state index is 11.7. The van der Waals surface area contributed by atoms with Gasteiger partial charge in [-0.25, -0.2) is 0 Å². The maximum Gasteiger partial charge on any atom is 0.227 e. The van der Waals surface area contributed by atoms with Crippen LogP contribution in [0.3, 0.4) is 0 Å². The monoisotopic (exact) mass is 223 g/mol. The van der Waals surface area contributed by atoms with Crippen molar-refractivity contribution in [1.29, 1.82) is 0 Å². The van der Waals surface area contributed by atoms with Crippen LogP contribution in [0.5, 0.6) is 0 Å². The molecule has 80 valence electrons. The van der Waals surface area contributed by atoms with Gasteiger partial charge < -0.3 is 5.32 Å². The van der Waals surface area contributed by atoms with Crippen molar-refractivity contribution in [2.24, 2.45) is 11.8 Å². The SMILES string of the molecule is Cc1c(Cl)cccc1NC(=O)C1CC1C. The zero-order valence-corrected chi connectivity index (χ0v) is 9.64. The van der Waals surface area contributed by atoms with Crippen LogP contribution in [0.4, 0.5) is 5.69 Å². The third-order valence-electron chi connectivity index (χ3n) is 2.97. The summed E-state index contributed by atoms with van der Waals surface area (Å²) in [5, 5.41) is 3.61. The molecule has 2 rings (SSSR count). The smallest absolute Gasteiger partial charge is 0.227 e. The maximum atomic E-state index is 11.7. The molecule has 1 aliphatic rings. The number of nitrogens with one attached hydrogen (secondary N) is 1. The Bertz CT molecular complexity index is 403. The average molecular weight is 224 g/mol. The highest BCUT2D eigenvalue weighted by molar-refractivity contribution is 6.31. The molecule has 1 fully saturated rings. The highest BCUT2D eigenvalue weighted by Crippen LogP contribution is 2.38. The van der Waals surface area contributed by atoms with E-state index < -0.39 is 0 Å². The lowest BCUT2D eigenvalue weighted by Crippen LogP contribution is -2.15. The lowest BCUT2D eigenvalue weighted by Gasteiger charge is -2.08. The van der Waals surface area contributed by atoms with Gasteiger partial charge in [0.25, 0.3) is 0 Å². The van der Waals surface area contributed by atoms with Gasteiger partial charge in [-0.2, -0.15) is 0 Å². The van der Waals surface area contributed by atoms with E-state index in [9.17, 15) is 4.79 Å². The first-order chi connectivity index (χ1) is 7.09. The molecule has 2 nitrogen and oxygen atoms in total. The minimum absolute atomic E-state index is 0.118. The van der Waals surface area contributed by atoms with Gasteiger partial charge >= 0.3 is 0 Å². The zero-order chi connectivity index (χ0) is 11.0. The van der Waals surface area contributed by atoms with Crippen molar-refractivity contribution in [1.82, 2.24) is 0 Å². The minimum atomic E-state index is 0.118. The fourth-order valence-corrected chi connectivity index (χ4v) is 1.83. The Labute approximate surface area is 94.6 Å². The molecule has 0 bridgehead atoms. The van der Waals surface area contributed by atoms with Gasteiger partial charge in [0.1, 0.15) is 0 Å². The van der Waals surface area contributed by atoms with Crippen LogP contribution < -0.4 is 5.32 Å². The molecule has 1 aromatic carbocycles. The largest absolute Gasteiger partial charge is 0.326 e. The van der Waals surface area contributed by atoms with E-state index in [1.165, 1.54) is 0 Å². The number of hydrogen-bond acceptors (Lipinski definition) is 1. The summed E-state index contributed by atoms with van der Waals surface area (Å²) in [6.45, 7) is 4.00. The molecule has 0 saturated heterocycles. The van der Waals surface area contributed by atoms with E-state index in [0.29, 0.717) is 10.9 Å². The Kier molecular flexibility index (Phi) is 2.70. The zero-order valence-electron chi connectivity index (χ0n) is 8.88. The van der Waals surface area contributed by atoms with Crippen molar-refractivity contribution in [3.8, 4) is 0 Å². The number of rotatable bonds is 2. The first kappa shape index (κ1) is 10.5. The Morgan fingerprint density at radius 3 is 2.80 bits per heavy atom. The number of halogens is 1. The summed E-state index contributed by atoms with van der Waals surface area (Å²) in [6.07, 6.45) is 1.01. The standard InChI is InChI=1S/C12H14ClNO/c1-7-6-9(7)12(15)14-11-5-3-4-10(13)8(11)2/h3-5,7,9H,6H2,1-2H3,(H,14,15). The molecule has 0 radical (unpaired) electrons. The summed E-state index contributed by atoms with van der Waals surface area (Å²) in [5.74, 6) is 0.848. The molecule has 3 heteroatoms.